The SMILES string of the molecule is COc1ccc(-c2noc(CO/N=C\c3ccccc3Br)n2)cc1. The fourth-order valence-electron chi connectivity index (χ4n) is 1.94. The van der Waals surface area contributed by atoms with Crippen LogP contribution in [0.2, 0.25) is 0 Å². The van der Waals surface area contributed by atoms with Crippen molar-refractivity contribution in [3.05, 3.63) is 64.5 Å². The van der Waals surface area contributed by atoms with Crippen LogP contribution in [0.1, 0.15) is 11.5 Å². The van der Waals surface area contributed by atoms with E-state index in [1.807, 2.05) is 48.5 Å². The zero-order valence-corrected chi connectivity index (χ0v) is 14.4. The van der Waals surface area contributed by atoms with Crippen LogP contribution >= 0.6 is 15.9 Å². The van der Waals surface area contributed by atoms with Crippen LogP contribution in [0.5, 0.6) is 5.75 Å². The summed E-state index contributed by atoms with van der Waals surface area (Å²) in [5, 5.41) is 7.83. The van der Waals surface area contributed by atoms with Gasteiger partial charge >= 0.3 is 0 Å². The molecule has 0 saturated carbocycles. The van der Waals surface area contributed by atoms with Crippen molar-refractivity contribution in [1.82, 2.24) is 10.1 Å². The molecule has 0 unspecified atom stereocenters. The van der Waals surface area contributed by atoms with Crippen LogP contribution in [0.15, 0.2) is 62.7 Å². The van der Waals surface area contributed by atoms with Gasteiger partial charge in [0.25, 0.3) is 5.89 Å². The molecule has 7 heteroatoms. The van der Waals surface area contributed by atoms with Gasteiger partial charge in [-0.05, 0) is 30.3 Å². The minimum absolute atomic E-state index is 0.101. The molecule has 1 heterocycles. The van der Waals surface area contributed by atoms with Crippen molar-refractivity contribution in [3.63, 3.8) is 0 Å². The highest BCUT2D eigenvalue weighted by molar-refractivity contribution is 9.10. The largest absolute Gasteiger partial charge is 0.497 e. The van der Waals surface area contributed by atoms with Crippen LogP contribution < -0.4 is 4.74 Å². The standard InChI is InChI=1S/C17H14BrN3O3/c1-22-14-8-6-12(7-9-14)17-20-16(24-21-17)11-23-19-10-13-4-2-3-5-15(13)18/h2-10H,11H2,1H3/b19-10-. The molecule has 0 aliphatic rings. The quantitative estimate of drug-likeness (QED) is 0.471. The molecular formula is C17H14BrN3O3. The Morgan fingerprint density at radius 2 is 1.96 bits per heavy atom. The summed E-state index contributed by atoms with van der Waals surface area (Å²) in [4.78, 5) is 9.47. The fourth-order valence-corrected chi connectivity index (χ4v) is 2.32. The molecule has 0 aliphatic carbocycles. The van der Waals surface area contributed by atoms with E-state index in [9.17, 15) is 0 Å². The Morgan fingerprint density at radius 3 is 2.71 bits per heavy atom. The molecule has 2 aromatic carbocycles. The Kier molecular flexibility index (Phi) is 5.22. The second-order valence-electron chi connectivity index (χ2n) is 4.77. The molecule has 3 aromatic rings. The lowest BCUT2D eigenvalue weighted by Crippen LogP contribution is -1.89. The van der Waals surface area contributed by atoms with Crippen molar-refractivity contribution in [1.29, 1.82) is 0 Å². The molecule has 0 aliphatic heterocycles. The number of halogens is 1. The Morgan fingerprint density at radius 1 is 1.17 bits per heavy atom. The molecule has 122 valence electrons. The first-order valence-corrected chi connectivity index (χ1v) is 7.92. The third-order valence-corrected chi connectivity index (χ3v) is 3.90. The number of hydrogen-bond donors (Lipinski definition) is 0. The van der Waals surface area contributed by atoms with E-state index in [1.54, 1.807) is 13.3 Å². The van der Waals surface area contributed by atoms with Crippen LogP contribution in [0.25, 0.3) is 11.4 Å². The molecule has 0 bridgehead atoms. The van der Waals surface area contributed by atoms with Crippen LogP contribution in [-0.4, -0.2) is 23.5 Å². The lowest BCUT2D eigenvalue weighted by atomic mass is 10.2. The molecule has 0 saturated heterocycles. The number of aromatic nitrogens is 2. The lowest BCUT2D eigenvalue weighted by Gasteiger charge is -1.99. The number of nitrogens with zero attached hydrogens (tertiary/aromatic N) is 3. The molecule has 0 N–H and O–H groups in total. The third kappa shape index (κ3) is 3.99. The summed E-state index contributed by atoms with van der Waals surface area (Å²) in [5.74, 6) is 1.61. The Hall–Kier alpha value is -2.67. The molecule has 0 spiro atoms. The fraction of sp³-hybridized carbons (Fsp3) is 0.118. The number of oxime groups is 1. The second kappa shape index (κ2) is 7.74. The monoisotopic (exact) mass is 387 g/mol. The van der Waals surface area contributed by atoms with Gasteiger partial charge in [0.15, 0.2) is 6.61 Å². The predicted octanol–water partition coefficient (Wildman–Crippen LogP) is 4.06. The maximum absolute atomic E-state index is 5.20. The number of rotatable bonds is 6. The highest BCUT2D eigenvalue weighted by Gasteiger charge is 2.09. The van der Waals surface area contributed by atoms with Gasteiger partial charge in [-0.2, -0.15) is 4.98 Å². The van der Waals surface area contributed by atoms with Gasteiger partial charge in [0.2, 0.25) is 5.82 Å². The van der Waals surface area contributed by atoms with Crippen molar-refractivity contribution in [3.8, 4) is 17.1 Å². The van der Waals surface area contributed by atoms with E-state index < -0.39 is 0 Å². The number of methoxy groups -OCH3 is 1. The first-order chi connectivity index (χ1) is 11.8. The molecule has 0 radical (unpaired) electrons. The van der Waals surface area contributed by atoms with Gasteiger partial charge in [0, 0.05) is 15.6 Å². The van der Waals surface area contributed by atoms with Crippen molar-refractivity contribution in [2.24, 2.45) is 5.16 Å². The van der Waals surface area contributed by atoms with Gasteiger partial charge in [-0.25, -0.2) is 0 Å². The molecule has 6 nitrogen and oxygen atoms in total. The van der Waals surface area contributed by atoms with E-state index in [-0.39, 0.29) is 6.61 Å². The van der Waals surface area contributed by atoms with Crippen molar-refractivity contribution in [2.45, 2.75) is 6.61 Å². The molecule has 0 amide bonds. The summed E-state index contributed by atoms with van der Waals surface area (Å²) in [6, 6.07) is 15.1. The molecule has 0 fully saturated rings. The van der Waals surface area contributed by atoms with Gasteiger partial charge < -0.3 is 14.1 Å². The zero-order valence-electron chi connectivity index (χ0n) is 12.8. The van der Waals surface area contributed by atoms with Crippen LogP contribution in [0, 0.1) is 0 Å². The highest BCUT2D eigenvalue weighted by Crippen LogP contribution is 2.20. The summed E-state index contributed by atoms with van der Waals surface area (Å²) in [6.45, 7) is 0.101. The maximum atomic E-state index is 5.20. The topological polar surface area (TPSA) is 69.7 Å². The average molecular weight is 388 g/mol. The van der Waals surface area contributed by atoms with Crippen LogP contribution in [0.4, 0.5) is 0 Å². The van der Waals surface area contributed by atoms with Gasteiger partial charge in [-0.15, -0.1) is 0 Å². The third-order valence-electron chi connectivity index (χ3n) is 3.18. The molecular weight excluding hydrogens is 374 g/mol. The van der Waals surface area contributed by atoms with Gasteiger partial charge in [-0.1, -0.05) is 44.4 Å². The Labute approximate surface area is 147 Å². The van der Waals surface area contributed by atoms with Crippen LogP contribution in [-0.2, 0) is 11.4 Å². The van der Waals surface area contributed by atoms with E-state index in [2.05, 4.69) is 31.2 Å². The average Bonchev–Trinajstić information content (AvgIpc) is 3.09. The molecule has 24 heavy (non-hydrogen) atoms. The molecule has 3 rings (SSSR count). The van der Waals surface area contributed by atoms with Crippen LogP contribution in [0.3, 0.4) is 0 Å². The number of ether oxygens (including phenoxy) is 1. The first-order valence-electron chi connectivity index (χ1n) is 7.13. The Bertz CT molecular complexity index is 831. The van der Waals surface area contributed by atoms with E-state index >= 15 is 0 Å². The van der Waals surface area contributed by atoms with Crippen molar-refractivity contribution >= 4 is 22.1 Å². The summed E-state index contributed by atoms with van der Waals surface area (Å²) in [5.41, 5.74) is 1.75. The van der Waals surface area contributed by atoms with E-state index in [4.69, 9.17) is 14.1 Å². The van der Waals surface area contributed by atoms with Crippen molar-refractivity contribution in [2.75, 3.05) is 7.11 Å². The maximum Gasteiger partial charge on any atom is 0.267 e. The molecule has 1 aromatic heterocycles. The smallest absolute Gasteiger partial charge is 0.267 e. The zero-order chi connectivity index (χ0) is 16.8. The van der Waals surface area contributed by atoms with Gasteiger partial charge in [0.05, 0.1) is 13.3 Å². The van der Waals surface area contributed by atoms with E-state index in [1.165, 1.54) is 0 Å². The summed E-state index contributed by atoms with van der Waals surface area (Å²) >= 11 is 3.44. The lowest BCUT2D eigenvalue weighted by molar-refractivity contribution is 0.107. The molecule has 0 atom stereocenters. The second-order valence-corrected chi connectivity index (χ2v) is 5.62. The normalized spacial score (nSPS) is 10.9. The van der Waals surface area contributed by atoms with E-state index in [0.717, 1.165) is 21.3 Å². The summed E-state index contributed by atoms with van der Waals surface area (Å²) < 4.78 is 11.2. The summed E-state index contributed by atoms with van der Waals surface area (Å²) in [7, 11) is 1.62. The highest BCUT2D eigenvalue weighted by atomic mass is 79.9. The first kappa shape index (κ1) is 16.2. The minimum Gasteiger partial charge on any atom is -0.497 e. The number of hydrogen-bond acceptors (Lipinski definition) is 6. The number of benzene rings is 2. The van der Waals surface area contributed by atoms with Gasteiger partial charge in [0.1, 0.15) is 5.75 Å². The van der Waals surface area contributed by atoms with Crippen molar-refractivity contribution < 1.29 is 14.1 Å². The minimum atomic E-state index is 0.101. The van der Waals surface area contributed by atoms with Gasteiger partial charge in [-0.3, -0.25) is 0 Å². The predicted molar refractivity (Wildman–Crippen MR) is 92.8 cm³/mol. The summed E-state index contributed by atoms with van der Waals surface area (Å²) in [6.07, 6.45) is 1.62. The Balaban J connectivity index is 1.59. The van der Waals surface area contributed by atoms with E-state index in [0.29, 0.717) is 11.7 Å².